The zero-order valence-corrected chi connectivity index (χ0v) is 11.6. The number of hydrogen-bond acceptors (Lipinski definition) is 4. The number of aromatic nitrogens is 1. The van der Waals surface area contributed by atoms with Crippen molar-refractivity contribution in [2.45, 2.75) is 25.9 Å². The molecule has 0 unspecified atom stereocenters. The summed E-state index contributed by atoms with van der Waals surface area (Å²) < 4.78 is 5.59. The van der Waals surface area contributed by atoms with Gasteiger partial charge in [0.25, 0.3) is 5.91 Å². The maximum atomic E-state index is 12.3. The summed E-state index contributed by atoms with van der Waals surface area (Å²) in [4.78, 5) is 18.3. The number of nitrogens with one attached hydrogen (secondary N) is 1. The first-order valence-corrected chi connectivity index (χ1v) is 6.79. The highest BCUT2D eigenvalue weighted by Gasteiger charge is 2.24. The predicted octanol–water partition coefficient (Wildman–Crippen LogP) is 1.76. The highest BCUT2D eigenvalue weighted by molar-refractivity contribution is 5.93. The molecule has 1 saturated heterocycles. The molecule has 1 aromatic heterocycles. The van der Waals surface area contributed by atoms with E-state index >= 15 is 0 Å². The van der Waals surface area contributed by atoms with E-state index in [9.17, 15) is 4.79 Å². The first-order valence-electron chi connectivity index (χ1n) is 6.79. The highest BCUT2D eigenvalue weighted by Crippen LogP contribution is 2.16. The molecule has 0 aliphatic carbocycles. The van der Waals surface area contributed by atoms with E-state index in [2.05, 4.69) is 10.3 Å². The van der Waals surface area contributed by atoms with Gasteiger partial charge < -0.3 is 15.0 Å². The summed E-state index contributed by atoms with van der Waals surface area (Å²) in [6.45, 7) is 4.24. The van der Waals surface area contributed by atoms with Gasteiger partial charge >= 0.3 is 0 Å². The van der Waals surface area contributed by atoms with E-state index in [1.807, 2.05) is 24.9 Å². The molecule has 1 fully saturated rings. The summed E-state index contributed by atoms with van der Waals surface area (Å²) in [6.07, 6.45) is 3.77. The van der Waals surface area contributed by atoms with Crippen LogP contribution in [0.4, 0.5) is 5.69 Å². The largest absolute Gasteiger partial charge is 0.388 e. The quantitative estimate of drug-likeness (QED) is 0.899. The summed E-state index contributed by atoms with van der Waals surface area (Å²) in [7, 11) is 1.83. The van der Waals surface area contributed by atoms with Gasteiger partial charge in [0.15, 0.2) is 0 Å². The number of piperidine rings is 1. The molecule has 0 atom stereocenters. The van der Waals surface area contributed by atoms with Crippen LogP contribution < -0.4 is 5.32 Å². The van der Waals surface area contributed by atoms with Crippen molar-refractivity contribution in [3.05, 3.63) is 24.0 Å². The van der Waals surface area contributed by atoms with Crippen molar-refractivity contribution in [2.24, 2.45) is 0 Å². The monoisotopic (exact) mass is 263 g/mol. The molecule has 1 aliphatic heterocycles. The van der Waals surface area contributed by atoms with Crippen molar-refractivity contribution in [3.63, 3.8) is 0 Å². The lowest BCUT2D eigenvalue weighted by Gasteiger charge is -2.31. The number of hydrogen-bond donors (Lipinski definition) is 1. The van der Waals surface area contributed by atoms with Gasteiger partial charge in [0.1, 0.15) is 5.69 Å². The van der Waals surface area contributed by atoms with Gasteiger partial charge in [-0.2, -0.15) is 0 Å². The maximum Gasteiger partial charge on any atom is 0.272 e. The predicted molar refractivity (Wildman–Crippen MR) is 74.3 cm³/mol. The molecular weight excluding hydrogens is 242 g/mol. The third-order valence-corrected chi connectivity index (χ3v) is 3.40. The van der Waals surface area contributed by atoms with E-state index in [1.54, 1.807) is 12.3 Å². The topological polar surface area (TPSA) is 54.5 Å². The molecular formula is C14H21N3O2. The molecule has 1 N–H and O–H groups in total. The van der Waals surface area contributed by atoms with Crippen molar-refractivity contribution in [1.29, 1.82) is 0 Å². The maximum absolute atomic E-state index is 12.3. The standard InChI is InChI=1S/C14H21N3O2/c1-3-19-12-5-8-17(9-6-12)14(18)13-10-11(15-2)4-7-16-13/h4,7,10,12H,3,5-6,8-9H2,1-2H3,(H,15,16). The molecule has 1 amide bonds. The number of carbonyl (C=O) groups excluding carboxylic acids is 1. The van der Waals surface area contributed by atoms with Crippen molar-refractivity contribution in [3.8, 4) is 0 Å². The number of likely N-dealkylation sites (tertiary alicyclic amines) is 1. The first kappa shape index (κ1) is 13.8. The summed E-state index contributed by atoms with van der Waals surface area (Å²) in [5.74, 6) is 0.00653. The van der Waals surface area contributed by atoms with Crippen molar-refractivity contribution in [1.82, 2.24) is 9.88 Å². The number of ether oxygens (including phenoxy) is 1. The molecule has 0 radical (unpaired) electrons. The van der Waals surface area contributed by atoms with Gasteiger partial charge in [0.2, 0.25) is 0 Å². The zero-order valence-electron chi connectivity index (χ0n) is 11.6. The molecule has 1 aliphatic rings. The van der Waals surface area contributed by atoms with Gasteiger partial charge in [-0.15, -0.1) is 0 Å². The van der Waals surface area contributed by atoms with E-state index in [0.29, 0.717) is 11.8 Å². The third-order valence-electron chi connectivity index (χ3n) is 3.40. The molecule has 5 heteroatoms. The van der Waals surface area contributed by atoms with Crippen molar-refractivity contribution in [2.75, 3.05) is 32.1 Å². The highest BCUT2D eigenvalue weighted by atomic mass is 16.5. The lowest BCUT2D eigenvalue weighted by molar-refractivity contribution is 0.0144. The Balaban J connectivity index is 1.97. The normalized spacial score (nSPS) is 16.4. The fourth-order valence-corrected chi connectivity index (χ4v) is 2.33. The Labute approximate surface area is 114 Å². The summed E-state index contributed by atoms with van der Waals surface area (Å²) >= 11 is 0. The number of nitrogens with zero attached hydrogens (tertiary/aromatic N) is 2. The SMILES string of the molecule is CCOC1CCN(C(=O)c2cc(NC)ccn2)CC1. The molecule has 0 spiro atoms. The third kappa shape index (κ3) is 3.44. The number of amides is 1. The molecule has 104 valence electrons. The Hall–Kier alpha value is -1.62. The molecule has 2 rings (SSSR count). The van der Waals surface area contributed by atoms with Crippen molar-refractivity contribution < 1.29 is 9.53 Å². The second-order valence-electron chi connectivity index (χ2n) is 4.63. The molecule has 1 aromatic rings. The van der Waals surface area contributed by atoms with E-state index in [0.717, 1.165) is 38.2 Å². The van der Waals surface area contributed by atoms with Crippen LogP contribution in [-0.2, 0) is 4.74 Å². The molecule has 2 heterocycles. The molecule has 5 nitrogen and oxygen atoms in total. The smallest absolute Gasteiger partial charge is 0.272 e. The van der Waals surface area contributed by atoms with E-state index in [4.69, 9.17) is 4.74 Å². The molecule has 0 aromatic carbocycles. The van der Waals surface area contributed by atoms with Crippen LogP contribution in [0, 0.1) is 0 Å². The summed E-state index contributed by atoms with van der Waals surface area (Å²) in [5.41, 5.74) is 1.41. The van der Waals surface area contributed by atoms with Gasteiger partial charge in [-0.1, -0.05) is 0 Å². The lowest BCUT2D eigenvalue weighted by Crippen LogP contribution is -2.41. The Morgan fingerprint density at radius 3 is 2.89 bits per heavy atom. The molecule has 0 saturated carbocycles. The number of pyridine rings is 1. The average Bonchev–Trinajstić information content (AvgIpc) is 2.48. The number of carbonyl (C=O) groups is 1. The van der Waals surface area contributed by atoms with Crippen LogP contribution in [0.1, 0.15) is 30.3 Å². The van der Waals surface area contributed by atoms with Crippen LogP contribution in [0.3, 0.4) is 0 Å². The fraction of sp³-hybridized carbons (Fsp3) is 0.571. The Morgan fingerprint density at radius 2 is 2.26 bits per heavy atom. The minimum Gasteiger partial charge on any atom is -0.388 e. The van der Waals surface area contributed by atoms with Crippen LogP contribution in [-0.4, -0.2) is 48.6 Å². The summed E-state index contributed by atoms with van der Waals surface area (Å²) in [5, 5.41) is 3.02. The van der Waals surface area contributed by atoms with Crippen LogP contribution in [0.5, 0.6) is 0 Å². The van der Waals surface area contributed by atoms with Crippen LogP contribution in [0.15, 0.2) is 18.3 Å². The van der Waals surface area contributed by atoms with Gasteiger partial charge in [0, 0.05) is 38.6 Å². The van der Waals surface area contributed by atoms with E-state index < -0.39 is 0 Å². The Bertz CT molecular complexity index is 428. The first-order chi connectivity index (χ1) is 9.24. The van der Waals surface area contributed by atoms with E-state index in [1.165, 1.54) is 0 Å². The summed E-state index contributed by atoms with van der Waals surface area (Å²) in [6, 6.07) is 3.63. The Morgan fingerprint density at radius 1 is 1.53 bits per heavy atom. The van der Waals surface area contributed by atoms with E-state index in [-0.39, 0.29) is 5.91 Å². The Kier molecular flexibility index (Phi) is 4.74. The molecule has 19 heavy (non-hydrogen) atoms. The average molecular weight is 263 g/mol. The second-order valence-corrected chi connectivity index (χ2v) is 4.63. The number of rotatable bonds is 4. The van der Waals surface area contributed by atoms with Gasteiger partial charge in [0.05, 0.1) is 6.10 Å². The minimum absolute atomic E-state index is 0.00653. The zero-order chi connectivity index (χ0) is 13.7. The lowest BCUT2D eigenvalue weighted by atomic mass is 10.1. The fourth-order valence-electron chi connectivity index (χ4n) is 2.33. The molecule has 0 bridgehead atoms. The minimum atomic E-state index is 0.00653. The van der Waals surface area contributed by atoms with Crippen LogP contribution in [0.2, 0.25) is 0 Å². The van der Waals surface area contributed by atoms with Crippen molar-refractivity contribution >= 4 is 11.6 Å². The van der Waals surface area contributed by atoms with Gasteiger partial charge in [-0.05, 0) is 31.9 Å². The second kappa shape index (κ2) is 6.52. The number of anilines is 1. The van der Waals surface area contributed by atoms with Crippen LogP contribution in [0.25, 0.3) is 0 Å². The van der Waals surface area contributed by atoms with Gasteiger partial charge in [-0.25, -0.2) is 0 Å². The van der Waals surface area contributed by atoms with Gasteiger partial charge in [-0.3, -0.25) is 9.78 Å². The van der Waals surface area contributed by atoms with Crippen LogP contribution >= 0.6 is 0 Å².